The van der Waals surface area contributed by atoms with Crippen molar-refractivity contribution in [1.29, 1.82) is 0 Å². The fourth-order valence-electron chi connectivity index (χ4n) is 3.85. The van der Waals surface area contributed by atoms with Gasteiger partial charge in [0, 0.05) is 34.0 Å². The van der Waals surface area contributed by atoms with Gasteiger partial charge in [-0.2, -0.15) is 0 Å². The van der Waals surface area contributed by atoms with Gasteiger partial charge in [0.1, 0.15) is 6.04 Å². The Morgan fingerprint density at radius 3 is 2.62 bits per heavy atom. The molecule has 0 aliphatic carbocycles. The summed E-state index contributed by atoms with van der Waals surface area (Å²) in [5.41, 5.74) is 5.02. The van der Waals surface area contributed by atoms with E-state index in [1.54, 1.807) is 6.20 Å². The maximum atomic E-state index is 13.6. The van der Waals surface area contributed by atoms with E-state index in [1.165, 1.54) is 0 Å². The van der Waals surface area contributed by atoms with Crippen LogP contribution >= 0.6 is 0 Å². The molecule has 1 amide bonds. The number of hydrogen-bond donors (Lipinski definition) is 3. The average Bonchev–Trinajstić information content (AvgIpc) is 3.34. The van der Waals surface area contributed by atoms with Gasteiger partial charge in [-0.1, -0.05) is 54.6 Å². The molecule has 5 nitrogen and oxygen atoms in total. The Morgan fingerprint density at radius 2 is 1.76 bits per heavy atom. The summed E-state index contributed by atoms with van der Waals surface area (Å²) in [7, 11) is 0. The molecule has 1 unspecified atom stereocenters. The second-order valence-corrected chi connectivity index (χ2v) is 7.20. The Balaban J connectivity index is 1.53. The van der Waals surface area contributed by atoms with Crippen molar-refractivity contribution in [1.82, 2.24) is 4.98 Å². The van der Waals surface area contributed by atoms with Gasteiger partial charge in [-0.15, -0.1) is 0 Å². The molecule has 5 rings (SSSR count). The number of anilines is 2. The van der Waals surface area contributed by atoms with Gasteiger partial charge in [0.2, 0.25) is 5.91 Å². The van der Waals surface area contributed by atoms with E-state index < -0.39 is 6.04 Å². The van der Waals surface area contributed by atoms with Crippen LogP contribution in [0.5, 0.6) is 0 Å². The van der Waals surface area contributed by atoms with Crippen LogP contribution in [0.1, 0.15) is 27.5 Å². The van der Waals surface area contributed by atoms with Crippen molar-refractivity contribution in [3.63, 3.8) is 0 Å². The topological polar surface area (TPSA) is 74.0 Å². The van der Waals surface area contributed by atoms with Crippen LogP contribution in [0, 0.1) is 0 Å². The van der Waals surface area contributed by atoms with Crippen molar-refractivity contribution in [2.45, 2.75) is 12.5 Å². The zero-order valence-corrected chi connectivity index (χ0v) is 15.6. The lowest BCUT2D eigenvalue weighted by molar-refractivity contribution is -0.115. The van der Waals surface area contributed by atoms with Gasteiger partial charge in [-0.25, -0.2) is 0 Å². The van der Waals surface area contributed by atoms with Crippen LogP contribution in [0.15, 0.2) is 79.0 Å². The number of benzene rings is 3. The molecule has 0 radical (unpaired) electrons. The molecule has 0 saturated heterocycles. The van der Waals surface area contributed by atoms with E-state index in [0.717, 1.165) is 33.4 Å². The first-order valence-corrected chi connectivity index (χ1v) is 9.53. The average molecular weight is 381 g/mol. The van der Waals surface area contributed by atoms with Crippen molar-refractivity contribution in [3.8, 4) is 0 Å². The highest BCUT2D eigenvalue weighted by Crippen LogP contribution is 2.31. The Hall–Kier alpha value is -3.86. The SMILES string of the molecule is O=C1Cc2ccc(NC(C(=O)c3c[nH]c4ccccc34)c3ccccc3)cc2N1. The summed E-state index contributed by atoms with van der Waals surface area (Å²) in [5.74, 6) is -0.0233. The van der Waals surface area contributed by atoms with E-state index in [0.29, 0.717) is 12.0 Å². The van der Waals surface area contributed by atoms with Crippen molar-refractivity contribution in [2.75, 3.05) is 10.6 Å². The number of ketones is 1. The predicted octanol–water partition coefficient (Wildman–Crippen LogP) is 4.70. The lowest BCUT2D eigenvalue weighted by atomic mass is 9.96. The number of H-pyrrole nitrogens is 1. The minimum atomic E-state index is -0.550. The molecule has 0 bridgehead atoms. The van der Waals surface area contributed by atoms with Crippen LogP contribution in [0.2, 0.25) is 0 Å². The third kappa shape index (κ3) is 3.17. The van der Waals surface area contributed by atoms with Crippen molar-refractivity contribution in [2.24, 2.45) is 0 Å². The van der Waals surface area contributed by atoms with Crippen molar-refractivity contribution in [3.05, 3.63) is 95.7 Å². The first-order valence-electron chi connectivity index (χ1n) is 9.53. The highest BCUT2D eigenvalue weighted by Gasteiger charge is 2.25. The van der Waals surface area contributed by atoms with E-state index in [2.05, 4.69) is 15.6 Å². The minimum Gasteiger partial charge on any atom is -0.371 e. The standard InChI is InChI=1S/C24H19N3O2/c28-22-12-16-10-11-17(13-21(16)27-22)26-23(15-6-2-1-3-7-15)24(29)19-14-25-20-9-5-4-8-18(19)20/h1-11,13-14,23,25-26H,12H2,(H,27,28). The van der Waals surface area contributed by atoms with Crippen LogP contribution in [-0.2, 0) is 11.2 Å². The molecular weight excluding hydrogens is 362 g/mol. The Labute approximate surface area is 167 Å². The number of carbonyl (C=O) groups excluding carboxylic acids is 2. The fourth-order valence-corrected chi connectivity index (χ4v) is 3.85. The maximum absolute atomic E-state index is 13.6. The molecule has 1 aromatic heterocycles. The summed E-state index contributed by atoms with van der Waals surface area (Å²) < 4.78 is 0. The Bertz CT molecular complexity index is 1230. The zero-order valence-electron chi connectivity index (χ0n) is 15.6. The molecule has 0 saturated carbocycles. The molecule has 5 heteroatoms. The lowest BCUT2D eigenvalue weighted by Crippen LogP contribution is -2.21. The largest absolute Gasteiger partial charge is 0.371 e. The molecule has 1 aliphatic heterocycles. The zero-order chi connectivity index (χ0) is 19.8. The van der Waals surface area contributed by atoms with E-state index >= 15 is 0 Å². The monoisotopic (exact) mass is 381 g/mol. The summed E-state index contributed by atoms with van der Waals surface area (Å²) in [4.78, 5) is 28.4. The number of carbonyl (C=O) groups is 2. The van der Waals surface area contributed by atoms with E-state index in [9.17, 15) is 9.59 Å². The second kappa shape index (κ2) is 6.95. The fraction of sp³-hybridized carbons (Fsp3) is 0.0833. The number of aromatic nitrogens is 1. The van der Waals surface area contributed by atoms with Gasteiger partial charge in [0.15, 0.2) is 5.78 Å². The van der Waals surface area contributed by atoms with Gasteiger partial charge in [-0.05, 0) is 29.3 Å². The molecule has 0 fully saturated rings. The molecule has 0 spiro atoms. The van der Waals surface area contributed by atoms with E-state index in [-0.39, 0.29) is 11.7 Å². The number of fused-ring (bicyclic) bond motifs is 2. The van der Waals surface area contributed by atoms with Crippen LogP contribution in [0.25, 0.3) is 10.9 Å². The highest BCUT2D eigenvalue weighted by atomic mass is 16.1. The molecule has 2 heterocycles. The number of Topliss-reactive ketones (excluding diaryl/α,β-unsaturated/α-hetero) is 1. The Kier molecular flexibility index (Phi) is 4.13. The van der Waals surface area contributed by atoms with Gasteiger partial charge in [-0.3, -0.25) is 9.59 Å². The molecule has 1 aliphatic rings. The van der Waals surface area contributed by atoms with E-state index in [1.807, 2.05) is 72.8 Å². The molecule has 142 valence electrons. The summed E-state index contributed by atoms with van der Waals surface area (Å²) in [6, 6.07) is 22.6. The van der Waals surface area contributed by atoms with Gasteiger partial charge in [0.25, 0.3) is 0 Å². The van der Waals surface area contributed by atoms with Crippen molar-refractivity contribution < 1.29 is 9.59 Å². The molecule has 4 aromatic rings. The molecular formula is C24H19N3O2. The van der Waals surface area contributed by atoms with Gasteiger partial charge in [0.05, 0.1) is 6.42 Å². The second-order valence-electron chi connectivity index (χ2n) is 7.20. The number of nitrogens with one attached hydrogen (secondary N) is 3. The number of amides is 1. The smallest absolute Gasteiger partial charge is 0.228 e. The number of rotatable bonds is 5. The molecule has 3 aromatic carbocycles. The van der Waals surface area contributed by atoms with Crippen LogP contribution in [0.3, 0.4) is 0 Å². The summed E-state index contributed by atoms with van der Waals surface area (Å²) in [6.07, 6.45) is 2.17. The van der Waals surface area contributed by atoms with Crippen LogP contribution < -0.4 is 10.6 Å². The summed E-state index contributed by atoms with van der Waals surface area (Å²) >= 11 is 0. The summed E-state index contributed by atoms with van der Waals surface area (Å²) in [6.45, 7) is 0. The summed E-state index contributed by atoms with van der Waals surface area (Å²) in [5, 5.41) is 7.14. The predicted molar refractivity (Wildman–Crippen MR) is 114 cm³/mol. The molecule has 3 N–H and O–H groups in total. The van der Waals surface area contributed by atoms with Gasteiger partial charge >= 0.3 is 0 Å². The molecule has 1 atom stereocenters. The maximum Gasteiger partial charge on any atom is 0.228 e. The van der Waals surface area contributed by atoms with E-state index in [4.69, 9.17) is 0 Å². The number of aromatic amines is 1. The van der Waals surface area contributed by atoms with Crippen molar-refractivity contribution >= 4 is 34.0 Å². The first kappa shape index (κ1) is 17.3. The minimum absolute atomic E-state index is 0.00775. The van der Waals surface area contributed by atoms with Crippen LogP contribution in [0.4, 0.5) is 11.4 Å². The quantitative estimate of drug-likeness (QED) is 0.439. The highest BCUT2D eigenvalue weighted by molar-refractivity contribution is 6.11. The Morgan fingerprint density at radius 1 is 0.966 bits per heavy atom. The molecule has 29 heavy (non-hydrogen) atoms. The lowest BCUT2D eigenvalue weighted by Gasteiger charge is -2.20. The van der Waals surface area contributed by atoms with Gasteiger partial charge < -0.3 is 15.6 Å². The van der Waals surface area contributed by atoms with Crippen LogP contribution in [-0.4, -0.2) is 16.7 Å². The first-order chi connectivity index (χ1) is 14.2. The third-order valence-corrected chi connectivity index (χ3v) is 5.30. The third-order valence-electron chi connectivity index (χ3n) is 5.30. The number of para-hydroxylation sites is 1. The normalized spacial score (nSPS) is 13.7. The number of hydrogen-bond acceptors (Lipinski definition) is 3.